The number of hydrogen-bond donors (Lipinski definition) is 2. The Labute approximate surface area is 112 Å². The van der Waals surface area contributed by atoms with Gasteiger partial charge < -0.3 is 15.3 Å². The summed E-state index contributed by atoms with van der Waals surface area (Å²) in [5.74, 6) is -0.933. The van der Waals surface area contributed by atoms with Crippen LogP contribution in [0.25, 0.3) is 0 Å². The maximum Gasteiger partial charge on any atom is 0.335 e. The van der Waals surface area contributed by atoms with E-state index >= 15 is 0 Å². The Kier molecular flexibility index (Phi) is 3.85. The van der Waals surface area contributed by atoms with Gasteiger partial charge in [0.15, 0.2) is 0 Å². The Morgan fingerprint density at radius 3 is 2.68 bits per heavy atom. The molecule has 1 aromatic rings. The Morgan fingerprint density at radius 1 is 1.42 bits per heavy atom. The third kappa shape index (κ3) is 3.12. The van der Waals surface area contributed by atoms with Crippen molar-refractivity contribution in [2.75, 3.05) is 25.5 Å². The molecular formula is C14H18N2O3. The minimum Gasteiger partial charge on any atom is -0.478 e. The van der Waals surface area contributed by atoms with Crippen molar-refractivity contribution < 1.29 is 14.7 Å². The van der Waals surface area contributed by atoms with Gasteiger partial charge in [-0.1, -0.05) is 0 Å². The quantitative estimate of drug-likeness (QED) is 0.867. The number of carbonyl (C=O) groups is 2. The number of nitrogens with zero attached hydrogens (tertiary/aromatic N) is 1. The number of carboxylic acids is 1. The van der Waals surface area contributed by atoms with E-state index in [4.69, 9.17) is 5.11 Å². The van der Waals surface area contributed by atoms with Crippen molar-refractivity contribution in [1.29, 1.82) is 0 Å². The summed E-state index contributed by atoms with van der Waals surface area (Å²) >= 11 is 0. The third-order valence-corrected chi connectivity index (χ3v) is 3.49. The van der Waals surface area contributed by atoms with Crippen LogP contribution in [0.15, 0.2) is 18.2 Å². The summed E-state index contributed by atoms with van der Waals surface area (Å²) in [6.45, 7) is 3.51. The lowest BCUT2D eigenvalue weighted by atomic mass is 10.1. The van der Waals surface area contributed by atoms with E-state index in [0.29, 0.717) is 5.69 Å². The SMILES string of the molecule is Cc1cc(C(=O)O)ccc1NC(=O)C1CCN(C)C1. The van der Waals surface area contributed by atoms with E-state index in [1.54, 1.807) is 19.1 Å². The number of anilines is 1. The van der Waals surface area contributed by atoms with Crippen molar-refractivity contribution in [2.45, 2.75) is 13.3 Å². The first kappa shape index (κ1) is 13.5. The molecule has 0 radical (unpaired) electrons. The van der Waals surface area contributed by atoms with Crippen molar-refractivity contribution >= 4 is 17.6 Å². The summed E-state index contributed by atoms with van der Waals surface area (Å²) in [5, 5.41) is 11.8. The molecule has 1 aromatic carbocycles. The number of nitrogens with one attached hydrogen (secondary N) is 1. The summed E-state index contributed by atoms with van der Waals surface area (Å²) in [6, 6.07) is 4.72. The lowest BCUT2D eigenvalue weighted by Crippen LogP contribution is -2.25. The zero-order chi connectivity index (χ0) is 14.0. The minimum atomic E-state index is -0.960. The van der Waals surface area contributed by atoms with Crippen molar-refractivity contribution in [3.05, 3.63) is 29.3 Å². The number of benzene rings is 1. The van der Waals surface area contributed by atoms with Gasteiger partial charge in [0.1, 0.15) is 0 Å². The molecule has 1 aliphatic heterocycles. The van der Waals surface area contributed by atoms with E-state index in [9.17, 15) is 9.59 Å². The molecule has 102 valence electrons. The number of hydrogen-bond acceptors (Lipinski definition) is 3. The molecule has 0 aromatic heterocycles. The molecule has 1 unspecified atom stereocenters. The molecule has 1 saturated heterocycles. The molecule has 5 heteroatoms. The number of amides is 1. The Hall–Kier alpha value is -1.88. The third-order valence-electron chi connectivity index (χ3n) is 3.49. The highest BCUT2D eigenvalue weighted by Gasteiger charge is 2.26. The number of likely N-dealkylation sites (tertiary alicyclic amines) is 1. The summed E-state index contributed by atoms with van der Waals surface area (Å²) in [6.07, 6.45) is 0.870. The van der Waals surface area contributed by atoms with Crippen LogP contribution in [0.2, 0.25) is 0 Å². The fraction of sp³-hybridized carbons (Fsp3) is 0.429. The van der Waals surface area contributed by atoms with Crippen LogP contribution in [0.3, 0.4) is 0 Å². The predicted octanol–water partition coefficient (Wildman–Crippen LogP) is 1.58. The average Bonchev–Trinajstić information content (AvgIpc) is 2.78. The molecular weight excluding hydrogens is 244 g/mol. The van der Waals surface area contributed by atoms with Crippen LogP contribution < -0.4 is 5.32 Å². The van der Waals surface area contributed by atoms with Crippen molar-refractivity contribution in [3.63, 3.8) is 0 Å². The Morgan fingerprint density at radius 2 is 2.16 bits per heavy atom. The van der Waals surface area contributed by atoms with E-state index in [1.165, 1.54) is 6.07 Å². The normalized spacial score (nSPS) is 19.4. The Bertz CT molecular complexity index is 513. The van der Waals surface area contributed by atoms with Gasteiger partial charge in [-0.3, -0.25) is 4.79 Å². The molecule has 5 nitrogen and oxygen atoms in total. The maximum absolute atomic E-state index is 12.1. The first-order valence-electron chi connectivity index (χ1n) is 6.30. The minimum absolute atomic E-state index is 0.00975. The van der Waals surface area contributed by atoms with Gasteiger partial charge in [0.05, 0.1) is 11.5 Å². The van der Waals surface area contributed by atoms with Gasteiger partial charge in [-0.05, 0) is 50.7 Å². The van der Waals surface area contributed by atoms with Crippen LogP contribution >= 0.6 is 0 Å². The molecule has 1 fully saturated rings. The van der Waals surface area contributed by atoms with Crippen molar-refractivity contribution in [3.8, 4) is 0 Å². The second-order valence-corrected chi connectivity index (χ2v) is 5.07. The molecule has 0 spiro atoms. The highest BCUT2D eigenvalue weighted by molar-refractivity contribution is 5.95. The summed E-state index contributed by atoms with van der Waals surface area (Å²) in [4.78, 5) is 25.0. The van der Waals surface area contributed by atoms with E-state index in [1.807, 2.05) is 7.05 Å². The highest BCUT2D eigenvalue weighted by Crippen LogP contribution is 2.20. The van der Waals surface area contributed by atoms with Crippen LogP contribution in [0, 0.1) is 12.8 Å². The number of aryl methyl sites for hydroxylation is 1. The smallest absolute Gasteiger partial charge is 0.335 e. The molecule has 0 aliphatic carbocycles. The Balaban J connectivity index is 2.07. The predicted molar refractivity (Wildman–Crippen MR) is 72.4 cm³/mol. The molecule has 1 heterocycles. The highest BCUT2D eigenvalue weighted by atomic mass is 16.4. The lowest BCUT2D eigenvalue weighted by molar-refractivity contribution is -0.119. The van der Waals surface area contributed by atoms with E-state index in [-0.39, 0.29) is 17.4 Å². The lowest BCUT2D eigenvalue weighted by Gasteiger charge is -2.13. The van der Waals surface area contributed by atoms with Gasteiger partial charge in [-0.2, -0.15) is 0 Å². The molecule has 2 N–H and O–H groups in total. The molecule has 1 atom stereocenters. The summed E-state index contributed by atoms with van der Waals surface area (Å²) in [5.41, 5.74) is 1.68. The molecule has 1 aliphatic rings. The van der Waals surface area contributed by atoms with Gasteiger partial charge in [-0.15, -0.1) is 0 Å². The molecule has 19 heavy (non-hydrogen) atoms. The molecule has 0 saturated carbocycles. The zero-order valence-electron chi connectivity index (χ0n) is 11.1. The average molecular weight is 262 g/mol. The van der Waals surface area contributed by atoms with Crippen LogP contribution in [-0.4, -0.2) is 42.0 Å². The van der Waals surface area contributed by atoms with Crippen LogP contribution in [-0.2, 0) is 4.79 Å². The van der Waals surface area contributed by atoms with E-state index in [0.717, 1.165) is 25.1 Å². The van der Waals surface area contributed by atoms with Crippen LogP contribution in [0.4, 0.5) is 5.69 Å². The van der Waals surface area contributed by atoms with Gasteiger partial charge in [-0.25, -0.2) is 4.79 Å². The largest absolute Gasteiger partial charge is 0.478 e. The number of rotatable bonds is 3. The first-order chi connectivity index (χ1) is 8.97. The topological polar surface area (TPSA) is 69.6 Å². The first-order valence-corrected chi connectivity index (χ1v) is 6.30. The standard InChI is InChI=1S/C14H18N2O3/c1-9-7-10(14(18)19)3-4-12(9)15-13(17)11-5-6-16(2)8-11/h3-4,7,11H,5-6,8H2,1-2H3,(H,15,17)(H,18,19). The number of aromatic carboxylic acids is 1. The maximum atomic E-state index is 12.1. The van der Waals surface area contributed by atoms with Gasteiger partial charge in [0, 0.05) is 12.2 Å². The van der Waals surface area contributed by atoms with Crippen LogP contribution in [0.1, 0.15) is 22.3 Å². The zero-order valence-corrected chi connectivity index (χ0v) is 11.1. The number of carbonyl (C=O) groups excluding carboxylic acids is 1. The fourth-order valence-electron chi connectivity index (χ4n) is 2.32. The van der Waals surface area contributed by atoms with Crippen molar-refractivity contribution in [1.82, 2.24) is 4.90 Å². The summed E-state index contributed by atoms with van der Waals surface area (Å²) in [7, 11) is 2.00. The molecule has 1 amide bonds. The number of carboxylic acid groups (broad SMARTS) is 1. The second-order valence-electron chi connectivity index (χ2n) is 5.07. The van der Waals surface area contributed by atoms with Gasteiger partial charge >= 0.3 is 5.97 Å². The second kappa shape index (κ2) is 5.40. The fourth-order valence-corrected chi connectivity index (χ4v) is 2.32. The van der Waals surface area contributed by atoms with Gasteiger partial charge in [0.25, 0.3) is 0 Å². The van der Waals surface area contributed by atoms with Gasteiger partial charge in [0.2, 0.25) is 5.91 Å². The molecule has 2 rings (SSSR count). The van der Waals surface area contributed by atoms with E-state index < -0.39 is 5.97 Å². The van der Waals surface area contributed by atoms with Crippen LogP contribution in [0.5, 0.6) is 0 Å². The van der Waals surface area contributed by atoms with E-state index in [2.05, 4.69) is 10.2 Å². The van der Waals surface area contributed by atoms with Crippen molar-refractivity contribution in [2.24, 2.45) is 5.92 Å². The summed E-state index contributed by atoms with van der Waals surface area (Å²) < 4.78 is 0. The monoisotopic (exact) mass is 262 g/mol. The molecule has 0 bridgehead atoms.